The maximum Gasteiger partial charge on any atom is 0.238 e. The Morgan fingerprint density at radius 1 is 1.43 bits per heavy atom. The average Bonchev–Trinajstić information content (AvgIpc) is 3.01. The molecule has 9 heteroatoms. The number of amides is 1. The molecule has 2 atom stereocenters. The van der Waals surface area contributed by atoms with Gasteiger partial charge in [0.15, 0.2) is 0 Å². The molecule has 0 radical (unpaired) electrons. The molecule has 0 spiro atoms. The second kappa shape index (κ2) is 8.57. The zero-order valence-electron chi connectivity index (χ0n) is 16.1. The van der Waals surface area contributed by atoms with E-state index in [0.717, 1.165) is 5.57 Å². The number of carbonyl (C=O) groups is 1. The van der Waals surface area contributed by atoms with Crippen LogP contribution in [0.5, 0.6) is 0 Å². The number of hydrogen-bond acceptors (Lipinski definition) is 7. The minimum absolute atomic E-state index is 0.169. The normalized spacial score (nSPS) is 21.9. The molecule has 2 N–H and O–H groups in total. The van der Waals surface area contributed by atoms with E-state index in [9.17, 15) is 14.3 Å². The lowest BCUT2D eigenvalue weighted by Crippen LogP contribution is -2.38. The van der Waals surface area contributed by atoms with Gasteiger partial charge in [-0.05, 0) is 25.1 Å². The highest BCUT2D eigenvalue weighted by atomic mass is 19.1. The summed E-state index contributed by atoms with van der Waals surface area (Å²) in [4.78, 5) is 14.3. The van der Waals surface area contributed by atoms with Gasteiger partial charge in [0.25, 0.3) is 0 Å². The van der Waals surface area contributed by atoms with Crippen molar-refractivity contribution in [3.63, 3.8) is 0 Å². The molecule has 2 aliphatic heterocycles. The van der Waals surface area contributed by atoms with Crippen LogP contribution in [0.2, 0.25) is 0 Å². The second-order valence-electron chi connectivity index (χ2n) is 7.08. The average molecular weight is 391 g/mol. The molecular formula is C19H26FN5O3. The van der Waals surface area contributed by atoms with Gasteiger partial charge < -0.3 is 25.0 Å². The molecule has 2 aliphatic rings. The topological polar surface area (TPSA) is 80.6 Å². The summed E-state index contributed by atoms with van der Waals surface area (Å²) in [5.74, 6) is -0.577. The molecule has 0 bridgehead atoms. The fourth-order valence-electron chi connectivity index (χ4n) is 3.20. The van der Waals surface area contributed by atoms with Gasteiger partial charge in [-0.25, -0.2) is 4.39 Å². The third-order valence-corrected chi connectivity index (χ3v) is 4.54. The number of carbonyl (C=O) groups excluding carboxylic acids is 1. The van der Waals surface area contributed by atoms with Crippen molar-refractivity contribution in [3.8, 4) is 0 Å². The van der Waals surface area contributed by atoms with E-state index in [-0.39, 0.29) is 18.6 Å². The Hall–Kier alpha value is -2.65. The van der Waals surface area contributed by atoms with Crippen LogP contribution in [0.3, 0.4) is 0 Å². The standard InChI is InChI=1S/C19H26FN5O3/c1-13(2)10-24-7-6-23(12-22-24)18-5-4-15(8-17(18)20)25-11-16(28-19(25)27)9-21-14(3)26/h4-5,8,12,16,19,27H,1,6-7,9-11H2,2-3H3,(H,21,26)/t16-,19?/m0/s1. The van der Waals surface area contributed by atoms with Crippen LogP contribution in [0.25, 0.3) is 0 Å². The Labute approximate surface area is 163 Å². The molecule has 2 heterocycles. The zero-order valence-corrected chi connectivity index (χ0v) is 16.1. The van der Waals surface area contributed by atoms with Gasteiger partial charge in [-0.1, -0.05) is 12.2 Å². The molecule has 0 aliphatic carbocycles. The molecule has 1 amide bonds. The quantitative estimate of drug-likeness (QED) is 0.707. The summed E-state index contributed by atoms with van der Waals surface area (Å²) in [6.45, 7) is 9.83. The molecule has 1 unspecified atom stereocenters. The summed E-state index contributed by atoms with van der Waals surface area (Å²) in [6, 6.07) is 4.77. The minimum atomic E-state index is -1.18. The Morgan fingerprint density at radius 2 is 2.21 bits per heavy atom. The van der Waals surface area contributed by atoms with Crippen molar-refractivity contribution in [2.75, 3.05) is 42.5 Å². The van der Waals surface area contributed by atoms with Crippen molar-refractivity contribution in [3.05, 3.63) is 36.2 Å². The number of hydrazone groups is 1. The van der Waals surface area contributed by atoms with Crippen molar-refractivity contribution in [2.24, 2.45) is 5.10 Å². The third kappa shape index (κ3) is 4.79. The first-order valence-electron chi connectivity index (χ1n) is 9.17. The van der Waals surface area contributed by atoms with E-state index in [1.54, 1.807) is 28.3 Å². The SMILES string of the molecule is C=C(C)CN1CCN(c2ccc(N3C[C@H](CNC(C)=O)OC3O)cc2F)C=N1. The van der Waals surface area contributed by atoms with E-state index in [2.05, 4.69) is 17.0 Å². The van der Waals surface area contributed by atoms with Crippen LogP contribution in [-0.4, -0.2) is 67.6 Å². The Balaban J connectivity index is 1.66. The molecular weight excluding hydrogens is 365 g/mol. The van der Waals surface area contributed by atoms with Gasteiger partial charge in [0.05, 0.1) is 31.4 Å². The van der Waals surface area contributed by atoms with E-state index in [0.29, 0.717) is 37.6 Å². The van der Waals surface area contributed by atoms with Gasteiger partial charge in [-0.3, -0.25) is 9.80 Å². The number of nitrogens with zero attached hydrogens (tertiary/aromatic N) is 4. The van der Waals surface area contributed by atoms with E-state index in [1.807, 2.05) is 11.9 Å². The van der Waals surface area contributed by atoms with Crippen LogP contribution < -0.4 is 15.1 Å². The number of nitrogens with one attached hydrogen (secondary N) is 1. The third-order valence-electron chi connectivity index (χ3n) is 4.54. The minimum Gasteiger partial charge on any atom is -0.354 e. The Bertz CT molecular complexity index is 772. The van der Waals surface area contributed by atoms with Crippen LogP contribution in [0.4, 0.5) is 15.8 Å². The highest BCUT2D eigenvalue weighted by molar-refractivity contribution is 5.80. The Morgan fingerprint density at radius 3 is 2.82 bits per heavy atom. The molecule has 8 nitrogen and oxygen atoms in total. The number of benzene rings is 1. The predicted molar refractivity (Wildman–Crippen MR) is 106 cm³/mol. The lowest BCUT2D eigenvalue weighted by atomic mass is 10.2. The zero-order chi connectivity index (χ0) is 20.3. The first-order valence-corrected chi connectivity index (χ1v) is 9.17. The molecule has 3 rings (SSSR count). The summed E-state index contributed by atoms with van der Waals surface area (Å²) < 4.78 is 20.1. The van der Waals surface area contributed by atoms with Crippen LogP contribution in [0, 0.1) is 5.82 Å². The summed E-state index contributed by atoms with van der Waals surface area (Å²) in [6.07, 6.45) is 0.0633. The fourth-order valence-corrected chi connectivity index (χ4v) is 3.20. The van der Waals surface area contributed by atoms with Crippen molar-refractivity contribution in [1.82, 2.24) is 10.3 Å². The van der Waals surface area contributed by atoms with Gasteiger partial charge in [0, 0.05) is 25.7 Å². The van der Waals surface area contributed by atoms with Gasteiger partial charge in [0.1, 0.15) is 12.2 Å². The van der Waals surface area contributed by atoms with Gasteiger partial charge in [-0.2, -0.15) is 5.10 Å². The van der Waals surface area contributed by atoms with Gasteiger partial charge in [0.2, 0.25) is 12.3 Å². The van der Waals surface area contributed by atoms with E-state index >= 15 is 0 Å². The molecule has 0 aromatic heterocycles. The number of rotatable bonds is 6. The van der Waals surface area contributed by atoms with Crippen LogP contribution >= 0.6 is 0 Å². The summed E-state index contributed by atoms with van der Waals surface area (Å²) >= 11 is 0. The van der Waals surface area contributed by atoms with Gasteiger partial charge >= 0.3 is 0 Å². The summed E-state index contributed by atoms with van der Waals surface area (Å²) in [5.41, 5.74) is 1.95. The summed E-state index contributed by atoms with van der Waals surface area (Å²) in [7, 11) is 0. The van der Waals surface area contributed by atoms with E-state index < -0.39 is 12.2 Å². The summed E-state index contributed by atoms with van der Waals surface area (Å²) in [5, 5.41) is 19.0. The molecule has 152 valence electrons. The van der Waals surface area contributed by atoms with E-state index in [4.69, 9.17) is 4.74 Å². The first-order chi connectivity index (χ1) is 13.3. The number of aliphatic hydroxyl groups is 1. The maximum atomic E-state index is 14.7. The van der Waals surface area contributed by atoms with Gasteiger partial charge in [-0.15, -0.1) is 0 Å². The molecule has 1 aromatic rings. The highest BCUT2D eigenvalue weighted by Gasteiger charge is 2.32. The molecule has 28 heavy (non-hydrogen) atoms. The lowest BCUT2D eigenvalue weighted by Gasteiger charge is -2.30. The fraction of sp³-hybridized carbons (Fsp3) is 0.474. The van der Waals surface area contributed by atoms with Crippen LogP contribution in [-0.2, 0) is 9.53 Å². The smallest absolute Gasteiger partial charge is 0.238 e. The van der Waals surface area contributed by atoms with Crippen LogP contribution in [0.1, 0.15) is 13.8 Å². The number of anilines is 2. The molecule has 0 saturated carbocycles. The van der Waals surface area contributed by atoms with E-state index in [1.165, 1.54) is 13.0 Å². The number of aliphatic hydroxyl groups excluding tert-OH is 1. The predicted octanol–water partition coefficient (Wildman–Crippen LogP) is 1.08. The van der Waals surface area contributed by atoms with Crippen molar-refractivity contribution in [2.45, 2.75) is 26.4 Å². The molecule has 1 aromatic carbocycles. The number of hydrogen-bond donors (Lipinski definition) is 2. The number of ether oxygens (including phenoxy) is 1. The number of halogens is 1. The monoisotopic (exact) mass is 391 g/mol. The first kappa shape index (κ1) is 20.1. The van der Waals surface area contributed by atoms with Crippen molar-refractivity contribution in [1.29, 1.82) is 0 Å². The lowest BCUT2D eigenvalue weighted by molar-refractivity contribution is -0.121. The second-order valence-corrected chi connectivity index (χ2v) is 7.08. The molecule has 1 saturated heterocycles. The van der Waals surface area contributed by atoms with Crippen molar-refractivity contribution >= 4 is 23.6 Å². The largest absolute Gasteiger partial charge is 0.354 e. The van der Waals surface area contributed by atoms with Crippen LogP contribution in [0.15, 0.2) is 35.5 Å². The van der Waals surface area contributed by atoms with Crippen molar-refractivity contribution < 1.29 is 19.0 Å². The molecule has 1 fully saturated rings. The maximum absolute atomic E-state index is 14.7. The highest BCUT2D eigenvalue weighted by Crippen LogP contribution is 2.29. The Kier molecular flexibility index (Phi) is 6.15.